The van der Waals surface area contributed by atoms with E-state index in [9.17, 15) is 13.2 Å². The molecule has 8 heteroatoms. The number of halogens is 1. The fourth-order valence-corrected chi connectivity index (χ4v) is 5.41. The number of carbonyl (C=O) groups is 1. The van der Waals surface area contributed by atoms with Crippen LogP contribution in [0.5, 0.6) is 0 Å². The van der Waals surface area contributed by atoms with Gasteiger partial charge in [0, 0.05) is 28.1 Å². The van der Waals surface area contributed by atoms with Crippen LogP contribution in [0.2, 0.25) is 0 Å². The number of benzene rings is 1. The average molecular weight is 507 g/mol. The number of methoxy groups -OCH3 is 1. The summed E-state index contributed by atoms with van der Waals surface area (Å²) in [6.07, 6.45) is 4.65. The highest BCUT2D eigenvalue weighted by Gasteiger charge is 2.50. The van der Waals surface area contributed by atoms with Crippen molar-refractivity contribution >= 4 is 38.7 Å². The topological polar surface area (TPSA) is 72.9 Å². The van der Waals surface area contributed by atoms with Crippen LogP contribution < -0.4 is 0 Å². The Bertz CT molecular complexity index is 767. The first-order valence-corrected chi connectivity index (χ1v) is 12.1. The quantitative estimate of drug-likeness (QED) is 0.245. The standard InChI is InChI=1S/C19H26INO5S/c1-25-19(22)18-16(13-4-6-14(20)7-5-13)12-15-8-9-17(18)21(15)10-3-11-26-27(2,23)24/h4-7,15-18H,3,8-12H2,1-2H3/t15-,16+,17-,18-/m0/s1. The van der Waals surface area contributed by atoms with Gasteiger partial charge in [0.05, 0.1) is 25.9 Å². The lowest BCUT2D eigenvalue weighted by molar-refractivity contribution is -0.150. The van der Waals surface area contributed by atoms with E-state index in [4.69, 9.17) is 8.92 Å². The van der Waals surface area contributed by atoms with Crippen LogP contribution in [0, 0.1) is 9.49 Å². The normalized spacial score (nSPS) is 28.3. The van der Waals surface area contributed by atoms with Crippen LogP contribution >= 0.6 is 22.6 Å². The Kier molecular flexibility index (Phi) is 6.81. The van der Waals surface area contributed by atoms with E-state index in [-0.39, 0.29) is 30.5 Å². The molecule has 0 unspecified atom stereocenters. The second-order valence-electron chi connectivity index (χ2n) is 7.36. The summed E-state index contributed by atoms with van der Waals surface area (Å²) in [7, 11) is -1.95. The van der Waals surface area contributed by atoms with E-state index in [2.05, 4.69) is 51.8 Å². The molecule has 2 fully saturated rings. The molecule has 2 aliphatic heterocycles. The molecule has 0 spiro atoms. The number of nitrogens with zero attached hydrogens (tertiary/aromatic N) is 1. The molecule has 150 valence electrons. The van der Waals surface area contributed by atoms with Gasteiger partial charge < -0.3 is 4.74 Å². The third kappa shape index (κ3) is 5.02. The van der Waals surface area contributed by atoms with Crippen LogP contribution in [-0.4, -0.2) is 57.9 Å². The van der Waals surface area contributed by atoms with E-state index in [1.165, 1.54) is 16.2 Å². The number of fused-ring (bicyclic) bond motifs is 2. The number of hydrogen-bond acceptors (Lipinski definition) is 6. The number of carbonyl (C=O) groups excluding carboxylic acids is 1. The van der Waals surface area contributed by atoms with Crippen molar-refractivity contribution in [1.29, 1.82) is 0 Å². The first-order chi connectivity index (χ1) is 12.8. The van der Waals surface area contributed by atoms with Gasteiger partial charge in [-0.25, -0.2) is 0 Å². The maximum Gasteiger partial charge on any atom is 0.310 e. The number of ether oxygens (including phenoxy) is 1. The molecular weight excluding hydrogens is 481 g/mol. The van der Waals surface area contributed by atoms with Gasteiger partial charge in [0.2, 0.25) is 0 Å². The Hall–Kier alpha value is -0.710. The SMILES string of the molecule is COC(=O)[C@H]1[C@@H](c2ccc(I)cc2)C[C@@H]2CC[C@@H]1N2CCCOS(C)(=O)=O. The van der Waals surface area contributed by atoms with Gasteiger partial charge in [-0.15, -0.1) is 0 Å². The average Bonchev–Trinajstić information content (AvgIpc) is 2.89. The van der Waals surface area contributed by atoms with E-state index in [0.29, 0.717) is 12.5 Å². The van der Waals surface area contributed by atoms with Crippen LogP contribution in [0.1, 0.15) is 37.2 Å². The predicted molar refractivity (Wildman–Crippen MR) is 111 cm³/mol. The van der Waals surface area contributed by atoms with Gasteiger partial charge in [0.1, 0.15) is 0 Å². The van der Waals surface area contributed by atoms with Crippen LogP contribution in [0.4, 0.5) is 0 Å². The summed E-state index contributed by atoms with van der Waals surface area (Å²) in [5.41, 5.74) is 1.20. The lowest BCUT2D eigenvalue weighted by atomic mass is 9.76. The van der Waals surface area contributed by atoms with Gasteiger partial charge in [-0.3, -0.25) is 13.9 Å². The van der Waals surface area contributed by atoms with Crippen molar-refractivity contribution in [2.45, 2.75) is 43.7 Å². The summed E-state index contributed by atoms with van der Waals surface area (Å²) in [6, 6.07) is 8.97. The van der Waals surface area contributed by atoms with Crippen molar-refractivity contribution in [3.05, 3.63) is 33.4 Å². The minimum atomic E-state index is -3.41. The molecular formula is C19H26INO5S. The minimum absolute atomic E-state index is 0.138. The monoisotopic (exact) mass is 507 g/mol. The summed E-state index contributed by atoms with van der Waals surface area (Å²) in [5.74, 6) is -0.179. The smallest absolute Gasteiger partial charge is 0.310 e. The highest BCUT2D eigenvalue weighted by atomic mass is 127. The summed E-state index contributed by atoms with van der Waals surface area (Å²) in [4.78, 5) is 15.0. The molecule has 6 nitrogen and oxygen atoms in total. The van der Waals surface area contributed by atoms with E-state index in [1.54, 1.807) is 0 Å². The second-order valence-corrected chi connectivity index (χ2v) is 10.2. The van der Waals surface area contributed by atoms with Crippen LogP contribution in [0.25, 0.3) is 0 Å². The third-order valence-corrected chi connectivity index (χ3v) is 7.01. The van der Waals surface area contributed by atoms with Crippen LogP contribution in [0.15, 0.2) is 24.3 Å². The highest BCUT2D eigenvalue weighted by Crippen LogP contribution is 2.47. The maximum absolute atomic E-state index is 12.7. The molecule has 0 radical (unpaired) electrons. The molecule has 2 saturated heterocycles. The Balaban J connectivity index is 1.74. The van der Waals surface area contributed by atoms with Gasteiger partial charge in [0.25, 0.3) is 10.1 Å². The van der Waals surface area contributed by atoms with Crippen molar-refractivity contribution in [3.8, 4) is 0 Å². The molecule has 4 atom stereocenters. The molecule has 2 aliphatic rings. The molecule has 3 rings (SSSR count). The van der Waals surface area contributed by atoms with Crippen molar-refractivity contribution in [1.82, 2.24) is 4.90 Å². The van der Waals surface area contributed by atoms with E-state index in [0.717, 1.165) is 32.1 Å². The van der Waals surface area contributed by atoms with Gasteiger partial charge >= 0.3 is 5.97 Å². The predicted octanol–water partition coefficient (Wildman–Crippen LogP) is 2.77. The summed E-state index contributed by atoms with van der Waals surface area (Å²) >= 11 is 2.29. The van der Waals surface area contributed by atoms with Crippen LogP contribution in [0.3, 0.4) is 0 Å². The molecule has 0 amide bonds. The second kappa shape index (κ2) is 8.75. The van der Waals surface area contributed by atoms with E-state index in [1.807, 2.05) is 0 Å². The third-order valence-electron chi connectivity index (χ3n) is 5.69. The number of rotatable bonds is 7. The molecule has 0 aromatic heterocycles. The zero-order valence-corrected chi connectivity index (χ0v) is 18.6. The molecule has 0 N–H and O–H groups in total. The first-order valence-electron chi connectivity index (χ1n) is 9.23. The first kappa shape index (κ1) is 21.0. The zero-order chi connectivity index (χ0) is 19.6. The van der Waals surface area contributed by atoms with Gasteiger partial charge in [-0.2, -0.15) is 8.42 Å². The lowest BCUT2D eigenvalue weighted by Crippen LogP contribution is -2.51. The number of piperidine rings is 1. The number of esters is 1. The summed E-state index contributed by atoms with van der Waals surface area (Å²) in [6.45, 7) is 0.913. The fraction of sp³-hybridized carbons (Fsp3) is 0.632. The molecule has 0 saturated carbocycles. The van der Waals surface area contributed by atoms with Gasteiger partial charge in [0.15, 0.2) is 0 Å². The largest absolute Gasteiger partial charge is 0.469 e. The maximum atomic E-state index is 12.7. The van der Waals surface area contributed by atoms with Crippen molar-refractivity contribution in [3.63, 3.8) is 0 Å². The molecule has 2 bridgehead atoms. The van der Waals surface area contributed by atoms with E-state index < -0.39 is 10.1 Å². The molecule has 2 heterocycles. The Morgan fingerprint density at radius 2 is 1.96 bits per heavy atom. The summed E-state index contributed by atoms with van der Waals surface area (Å²) in [5, 5.41) is 0. The van der Waals surface area contributed by atoms with Crippen molar-refractivity contribution < 1.29 is 22.1 Å². The fourth-order valence-electron chi connectivity index (χ4n) is 4.63. The Labute approximate surface area is 174 Å². The molecule has 27 heavy (non-hydrogen) atoms. The Morgan fingerprint density at radius 3 is 2.59 bits per heavy atom. The highest BCUT2D eigenvalue weighted by molar-refractivity contribution is 14.1. The zero-order valence-electron chi connectivity index (χ0n) is 15.6. The lowest BCUT2D eigenvalue weighted by Gasteiger charge is -2.43. The minimum Gasteiger partial charge on any atom is -0.469 e. The summed E-state index contributed by atoms with van der Waals surface area (Å²) < 4.78 is 33.5. The van der Waals surface area contributed by atoms with Crippen molar-refractivity contribution in [2.24, 2.45) is 5.92 Å². The van der Waals surface area contributed by atoms with E-state index >= 15 is 0 Å². The Morgan fingerprint density at radius 1 is 1.26 bits per heavy atom. The number of hydrogen-bond donors (Lipinski definition) is 0. The van der Waals surface area contributed by atoms with Crippen molar-refractivity contribution in [2.75, 3.05) is 26.5 Å². The molecule has 1 aromatic rings. The molecule has 0 aliphatic carbocycles. The van der Waals surface area contributed by atoms with Crippen LogP contribution in [-0.2, 0) is 23.8 Å². The molecule has 1 aromatic carbocycles. The van der Waals surface area contributed by atoms with Gasteiger partial charge in [-0.05, 0) is 66.0 Å². The van der Waals surface area contributed by atoms with Gasteiger partial charge in [-0.1, -0.05) is 12.1 Å².